The summed E-state index contributed by atoms with van der Waals surface area (Å²) in [4.78, 5) is 12.6. The summed E-state index contributed by atoms with van der Waals surface area (Å²) >= 11 is 7.36. The number of benzene rings is 3. The van der Waals surface area contributed by atoms with E-state index in [2.05, 4.69) is 20.7 Å². The summed E-state index contributed by atoms with van der Waals surface area (Å²) < 4.78 is 12.3. The van der Waals surface area contributed by atoms with Crippen molar-refractivity contribution in [1.29, 1.82) is 0 Å². The van der Waals surface area contributed by atoms with Gasteiger partial charge in [-0.3, -0.25) is 4.79 Å². The molecule has 0 aliphatic heterocycles. The van der Waals surface area contributed by atoms with E-state index in [1.54, 1.807) is 38.3 Å². The monoisotopic (exact) mass is 538 g/mol. The Morgan fingerprint density at radius 1 is 1.11 bits per heavy atom. The summed E-state index contributed by atoms with van der Waals surface area (Å²) in [6.45, 7) is 1.75. The molecule has 0 saturated heterocycles. The van der Waals surface area contributed by atoms with E-state index in [1.165, 1.54) is 24.9 Å². The Kier molecular flexibility index (Phi) is 8.32. The number of hydrazone groups is 1. The van der Waals surface area contributed by atoms with Crippen LogP contribution < -0.4 is 19.5 Å². The second-order valence-corrected chi connectivity index (χ2v) is 9.18. The second-order valence-electron chi connectivity index (χ2n) is 7.80. The number of nitrogens with zero attached hydrogens (tertiary/aromatic N) is 3. The third-order valence-electron chi connectivity index (χ3n) is 5.40. The van der Waals surface area contributed by atoms with Crippen LogP contribution in [0.1, 0.15) is 12.5 Å². The number of thioether (sulfide) groups is 1. The zero-order chi connectivity index (χ0) is 26.4. The quantitative estimate of drug-likeness (QED) is 0.126. The molecule has 0 unspecified atom stereocenters. The van der Waals surface area contributed by atoms with Gasteiger partial charge in [0.1, 0.15) is 11.4 Å². The van der Waals surface area contributed by atoms with Crippen LogP contribution in [0, 0.1) is 0 Å². The number of hydrogen-bond donors (Lipinski definition) is 3. The normalized spacial score (nSPS) is 11.3. The highest BCUT2D eigenvalue weighted by molar-refractivity contribution is 7.99. The number of carbonyl (C=O) groups excluding carboxylic acids is 1. The van der Waals surface area contributed by atoms with Crippen molar-refractivity contribution in [3.63, 3.8) is 0 Å². The number of carbonyl (C=O) groups is 1. The van der Waals surface area contributed by atoms with Gasteiger partial charge >= 0.3 is 5.16 Å². The molecule has 0 radical (unpaired) electrons. The van der Waals surface area contributed by atoms with Gasteiger partial charge in [0, 0.05) is 10.6 Å². The molecular weight excluding hydrogens is 514 g/mol. The van der Waals surface area contributed by atoms with Crippen molar-refractivity contribution >= 4 is 35.0 Å². The zero-order valence-electron chi connectivity index (χ0n) is 20.4. The molecule has 3 N–H and O–H groups in total. The number of nitrogens with one attached hydrogen (secondary N) is 2. The van der Waals surface area contributed by atoms with Gasteiger partial charge in [0.15, 0.2) is 11.5 Å². The van der Waals surface area contributed by atoms with Crippen LogP contribution in [0.15, 0.2) is 77.0 Å². The maximum absolute atomic E-state index is 12.6. The number of ether oxygens (including phenoxy) is 2. The summed E-state index contributed by atoms with van der Waals surface area (Å²) in [5, 5.41) is 22.7. The number of hydrogen-bond acceptors (Lipinski definition) is 7. The van der Waals surface area contributed by atoms with Gasteiger partial charge in [-0.2, -0.15) is 9.67 Å². The first-order chi connectivity index (χ1) is 17.9. The van der Waals surface area contributed by atoms with Crippen molar-refractivity contribution < 1.29 is 23.9 Å². The van der Waals surface area contributed by atoms with Crippen LogP contribution >= 0.6 is 23.4 Å². The summed E-state index contributed by atoms with van der Waals surface area (Å²) in [6.07, 6.45) is 0. The Bertz CT molecular complexity index is 1420. The topological polar surface area (TPSA) is 113 Å². The van der Waals surface area contributed by atoms with Crippen LogP contribution in [0.5, 0.6) is 17.2 Å². The zero-order valence-corrected chi connectivity index (χ0v) is 21.9. The van der Waals surface area contributed by atoms with E-state index < -0.39 is 0 Å². The van der Waals surface area contributed by atoms with Crippen molar-refractivity contribution in [1.82, 2.24) is 15.6 Å². The third kappa shape index (κ3) is 6.22. The number of phenolic OH excluding ortho intramolecular Hbond substituents is 1. The number of H-pyrrole nitrogens is 1. The highest BCUT2D eigenvalue weighted by atomic mass is 35.5. The van der Waals surface area contributed by atoms with E-state index in [1.807, 2.05) is 41.0 Å². The molecule has 37 heavy (non-hydrogen) atoms. The fourth-order valence-corrected chi connectivity index (χ4v) is 4.33. The fourth-order valence-electron chi connectivity index (χ4n) is 3.44. The van der Waals surface area contributed by atoms with Crippen molar-refractivity contribution in [2.24, 2.45) is 5.10 Å². The van der Waals surface area contributed by atoms with E-state index in [4.69, 9.17) is 21.1 Å². The van der Waals surface area contributed by atoms with Gasteiger partial charge in [-0.05, 0) is 85.4 Å². The maximum atomic E-state index is 12.6. The predicted molar refractivity (Wildman–Crippen MR) is 143 cm³/mol. The number of phenols is 1. The summed E-state index contributed by atoms with van der Waals surface area (Å²) in [6, 6.07) is 19.8. The van der Waals surface area contributed by atoms with Crippen LogP contribution in [0.25, 0.3) is 17.1 Å². The number of aromatic hydroxyl groups is 1. The third-order valence-corrected chi connectivity index (χ3v) is 6.59. The highest BCUT2D eigenvalue weighted by Crippen LogP contribution is 2.26. The minimum absolute atomic E-state index is 0.0292. The Labute approximate surface area is 223 Å². The van der Waals surface area contributed by atoms with Crippen molar-refractivity contribution in [2.45, 2.75) is 12.1 Å². The molecule has 0 atom stereocenters. The number of rotatable bonds is 9. The molecular formula is C26H25ClN5O4S+. The minimum atomic E-state index is -0.299. The molecule has 9 nitrogen and oxygen atoms in total. The maximum Gasteiger partial charge on any atom is 0.342 e. The number of aromatic nitrogens is 3. The minimum Gasteiger partial charge on any atom is -0.504 e. The van der Waals surface area contributed by atoms with Gasteiger partial charge < -0.3 is 14.6 Å². The molecule has 1 aromatic heterocycles. The molecule has 190 valence electrons. The Hall–Kier alpha value is -4.02. The largest absolute Gasteiger partial charge is 0.504 e. The lowest BCUT2D eigenvalue weighted by molar-refractivity contribution is -0.625. The molecule has 0 saturated carbocycles. The standard InChI is InChI=1S/C26H24ClN5O4S/c1-16(18-6-13-22(33)23(14-18)36-3)28-29-24(34)15-37-26-31-30-25(17-4-11-21(35-2)12-5-17)32(26)20-9-7-19(27)8-10-20/h4-14H,15H2,1-3H3,(H2,28,29,33,34)/p+1. The number of halogens is 1. The molecule has 0 aliphatic carbocycles. The first-order valence-corrected chi connectivity index (χ1v) is 12.5. The lowest BCUT2D eigenvalue weighted by Gasteiger charge is -2.07. The van der Waals surface area contributed by atoms with Crippen molar-refractivity contribution in [3.8, 4) is 34.3 Å². The first-order valence-electron chi connectivity index (χ1n) is 11.1. The molecule has 4 aromatic rings. The van der Waals surface area contributed by atoms with E-state index in [0.29, 0.717) is 27.2 Å². The number of amides is 1. The summed E-state index contributed by atoms with van der Waals surface area (Å²) in [5.41, 5.74) is 5.57. The molecule has 1 amide bonds. The SMILES string of the molecule is COc1ccc(-c2[nH]nc(SCC(=O)N/N=C(\C)c3ccc(O)c(OC)c3)[n+]2-c2ccc(Cl)cc2)cc1. The smallest absolute Gasteiger partial charge is 0.342 e. The fraction of sp³-hybridized carbons (Fsp3) is 0.154. The average Bonchev–Trinajstić information content (AvgIpc) is 3.35. The van der Waals surface area contributed by atoms with Gasteiger partial charge in [-0.15, -0.1) is 5.10 Å². The van der Waals surface area contributed by atoms with E-state index in [-0.39, 0.29) is 17.4 Å². The second kappa shape index (κ2) is 11.8. The molecule has 0 fully saturated rings. The Morgan fingerprint density at radius 2 is 1.84 bits per heavy atom. The van der Waals surface area contributed by atoms with Crippen LogP contribution in [0.4, 0.5) is 0 Å². The summed E-state index contributed by atoms with van der Waals surface area (Å²) in [7, 11) is 3.09. The van der Waals surface area contributed by atoms with Gasteiger partial charge in [0.2, 0.25) is 0 Å². The van der Waals surface area contributed by atoms with Crippen LogP contribution in [0.2, 0.25) is 5.02 Å². The summed E-state index contributed by atoms with van der Waals surface area (Å²) in [5.74, 6) is 1.62. The molecule has 1 heterocycles. The Morgan fingerprint density at radius 3 is 2.51 bits per heavy atom. The first kappa shape index (κ1) is 26.1. The Balaban J connectivity index is 1.52. The average molecular weight is 539 g/mol. The molecule has 0 aliphatic rings. The lowest BCUT2D eigenvalue weighted by Crippen LogP contribution is -2.34. The predicted octanol–water partition coefficient (Wildman–Crippen LogP) is 4.36. The lowest BCUT2D eigenvalue weighted by atomic mass is 10.1. The van der Waals surface area contributed by atoms with Crippen molar-refractivity contribution in [2.75, 3.05) is 20.0 Å². The van der Waals surface area contributed by atoms with E-state index in [9.17, 15) is 9.90 Å². The van der Waals surface area contributed by atoms with Crippen LogP contribution in [-0.2, 0) is 4.79 Å². The van der Waals surface area contributed by atoms with Gasteiger partial charge in [-0.1, -0.05) is 11.6 Å². The van der Waals surface area contributed by atoms with Crippen LogP contribution in [-0.4, -0.2) is 46.9 Å². The highest BCUT2D eigenvalue weighted by Gasteiger charge is 2.24. The molecule has 11 heteroatoms. The van der Waals surface area contributed by atoms with Gasteiger partial charge in [0.05, 0.1) is 36.3 Å². The molecule has 3 aromatic carbocycles. The molecule has 0 bridgehead atoms. The van der Waals surface area contributed by atoms with E-state index in [0.717, 1.165) is 22.8 Å². The number of aromatic amines is 1. The van der Waals surface area contributed by atoms with Crippen molar-refractivity contribution in [3.05, 3.63) is 77.3 Å². The van der Waals surface area contributed by atoms with E-state index >= 15 is 0 Å². The molecule has 4 rings (SSSR count). The van der Waals surface area contributed by atoms with Gasteiger partial charge in [-0.25, -0.2) is 5.43 Å². The molecule has 0 spiro atoms. The van der Waals surface area contributed by atoms with Gasteiger partial charge in [0.25, 0.3) is 11.7 Å². The van der Waals surface area contributed by atoms with Crippen LogP contribution in [0.3, 0.4) is 0 Å². The number of methoxy groups -OCH3 is 2.